The van der Waals surface area contributed by atoms with E-state index >= 15 is 0 Å². The van der Waals surface area contributed by atoms with E-state index in [1.807, 2.05) is 13.8 Å². The summed E-state index contributed by atoms with van der Waals surface area (Å²) in [6, 6.07) is 0.229. The van der Waals surface area contributed by atoms with Crippen LogP contribution in [-0.2, 0) is 4.79 Å². The molecule has 0 aromatic heterocycles. The lowest BCUT2D eigenvalue weighted by Crippen LogP contribution is -2.50. The highest BCUT2D eigenvalue weighted by molar-refractivity contribution is 5.81. The summed E-state index contributed by atoms with van der Waals surface area (Å²) in [6.07, 6.45) is 2.66. The maximum atomic E-state index is 12.0. The summed E-state index contributed by atoms with van der Waals surface area (Å²) in [7, 11) is 0. The van der Waals surface area contributed by atoms with Crippen LogP contribution < -0.4 is 5.32 Å². The third-order valence-electron chi connectivity index (χ3n) is 6.01. The van der Waals surface area contributed by atoms with Gasteiger partial charge in [-0.2, -0.15) is 0 Å². The number of aliphatic hydroxyl groups is 1. The molecule has 2 fully saturated rings. The zero-order chi connectivity index (χ0) is 13.7. The third kappa shape index (κ3) is 1.78. The molecule has 2 aliphatic carbocycles. The average molecular weight is 253 g/mol. The number of rotatable bonds is 3. The van der Waals surface area contributed by atoms with E-state index in [0.717, 1.165) is 6.42 Å². The monoisotopic (exact) mass is 253 g/mol. The van der Waals surface area contributed by atoms with E-state index in [2.05, 4.69) is 26.1 Å². The minimum atomic E-state index is -0.879. The summed E-state index contributed by atoms with van der Waals surface area (Å²) < 4.78 is 0. The van der Waals surface area contributed by atoms with Gasteiger partial charge in [-0.1, -0.05) is 34.6 Å². The first-order valence-electron chi connectivity index (χ1n) is 7.18. The van der Waals surface area contributed by atoms with E-state index in [1.165, 1.54) is 12.8 Å². The lowest BCUT2D eigenvalue weighted by atomic mass is 9.69. The Morgan fingerprint density at radius 2 is 1.94 bits per heavy atom. The standard InChI is InChI=1S/C15H27NO2/c1-9(2)12(17)13(18)16-11-8-10-6-7-15(11,5)14(10,3)4/h9-12,17H,6-8H2,1-5H3,(H,16,18)/t10-,11-,12+,15+/m1/s1. The number of carbonyl (C=O) groups is 1. The van der Waals surface area contributed by atoms with Crippen LogP contribution in [0.25, 0.3) is 0 Å². The molecule has 2 N–H and O–H groups in total. The van der Waals surface area contributed by atoms with E-state index in [1.54, 1.807) is 0 Å². The molecule has 0 spiro atoms. The molecular weight excluding hydrogens is 226 g/mol. The predicted molar refractivity (Wildman–Crippen MR) is 72.0 cm³/mol. The van der Waals surface area contributed by atoms with Crippen molar-refractivity contribution in [1.29, 1.82) is 0 Å². The number of amides is 1. The van der Waals surface area contributed by atoms with Crippen molar-refractivity contribution in [2.24, 2.45) is 22.7 Å². The number of fused-ring (bicyclic) bond motifs is 2. The Hall–Kier alpha value is -0.570. The number of aliphatic hydroxyl groups excluding tert-OH is 1. The van der Waals surface area contributed by atoms with Crippen molar-refractivity contribution < 1.29 is 9.90 Å². The minimum absolute atomic E-state index is 0.0237. The molecule has 0 radical (unpaired) electrons. The van der Waals surface area contributed by atoms with Gasteiger partial charge in [0, 0.05) is 6.04 Å². The first-order chi connectivity index (χ1) is 8.20. The Balaban J connectivity index is 2.07. The molecule has 1 amide bonds. The molecule has 0 unspecified atom stereocenters. The summed E-state index contributed by atoms with van der Waals surface area (Å²) in [5.74, 6) is 0.493. The van der Waals surface area contributed by atoms with Crippen LogP contribution in [0, 0.1) is 22.7 Å². The quantitative estimate of drug-likeness (QED) is 0.811. The molecule has 2 aliphatic rings. The molecule has 18 heavy (non-hydrogen) atoms. The number of hydrogen-bond donors (Lipinski definition) is 2. The zero-order valence-corrected chi connectivity index (χ0v) is 12.3. The zero-order valence-electron chi connectivity index (χ0n) is 12.3. The average Bonchev–Trinajstić information content (AvgIpc) is 2.60. The van der Waals surface area contributed by atoms with Crippen LogP contribution in [-0.4, -0.2) is 23.2 Å². The van der Waals surface area contributed by atoms with E-state index in [0.29, 0.717) is 11.3 Å². The van der Waals surface area contributed by atoms with Crippen LogP contribution in [0.5, 0.6) is 0 Å². The smallest absolute Gasteiger partial charge is 0.249 e. The molecule has 3 heteroatoms. The fourth-order valence-electron chi connectivity index (χ4n) is 3.98. The highest BCUT2D eigenvalue weighted by atomic mass is 16.3. The lowest BCUT2D eigenvalue weighted by Gasteiger charge is -2.39. The Kier molecular flexibility index (Phi) is 3.25. The van der Waals surface area contributed by atoms with Gasteiger partial charge in [0.25, 0.3) is 0 Å². The van der Waals surface area contributed by atoms with Crippen LogP contribution in [0.3, 0.4) is 0 Å². The summed E-state index contributed by atoms with van der Waals surface area (Å²) in [5, 5.41) is 12.9. The Labute approximate surface area is 110 Å². The van der Waals surface area contributed by atoms with Crippen LogP contribution in [0.1, 0.15) is 53.9 Å². The number of hydrogen-bond acceptors (Lipinski definition) is 2. The van der Waals surface area contributed by atoms with Crippen LogP contribution in [0.15, 0.2) is 0 Å². The highest BCUT2D eigenvalue weighted by Gasteiger charge is 2.61. The number of carbonyl (C=O) groups excluding carboxylic acids is 1. The Morgan fingerprint density at radius 1 is 1.33 bits per heavy atom. The van der Waals surface area contributed by atoms with Gasteiger partial charge in [-0.05, 0) is 41.9 Å². The van der Waals surface area contributed by atoms with Gasteiger partial charge in [-0.15, -0.1) is 0 Å². The van der Waals surface area contributed by atoms with Gasteiger partial charge in [-0.25, -0.2) is 0 Å². The van der Waals surface area contributed by atoms with Gasteiger partial charge in [0.15, 0.2) is 0 Å². The molecule has 0 aromatic carbocycles. The fourth-order valence-corrected chi connectivity index (χ4v) is 3.98. The van der Waals surface area contributed by atoms with Gasteiger partial charge in [-0.3, -0.25) is 4.79 Å². The second-order valence-corrected chi connectivity index (χ2v) is 7.36. The molecule has 0 heterocycles. The SMILES string of the molecule is CC(C)[C@H](O)C(=O)N[C@@H]1C[C@H]2CC[C@]1(C)C2(C)C. The summed E-state index contributed by atoms with van der Waals surface area (Å²) >= 11 is 0. The predicted octanol–water partition coefficient (Wildman–Crippen LogP) is 2.33. The maximum absolute atomic E-state index is 12.0. The summed E-state index contributed by atoms with van der Waals surface area (Å²) in [6.45, 7) is 10.7. The highest BCUT2D eigenvalue weighted by Crippen LogP contribution is 2.65. The van der Waals surface area contributed by atoms with Gasteiger partial charge in [0.05, 0.1) is 0 Å². The van der Waals surface area contributed by atoms with E-state index < -0.39 is 6.10 Å². The van der Waals surface area contributed by atoms with Crippen molar-refractivity contribution in [2.75, 3.05) is 0 Å². The molecule has 104 valence electrons. The largest absolute Gasteiger partial charge is 0.383 e. The molecular formula is C15H27NO2. The summed E-state index contributed by atoms with van der Waals surface area (Å²) in [5.41, 5.74) is 0.484. The molecule has 0 saturated heterocycles. The molecule has 2 saturated carbocycles. The summed E-state index contributed by atoms with van der Waals surface area (Å²) in [4.78, 5) is 12.0. The molecule has 2 rings (SSSR count). The van der Waals surface area contributed by atoms with Crippen LogP contribution >= 0.6 is 0 Å². The van der Waals surface area contributed by atoms with E-state index in [9.17, 15) is 9.90 Å². The van der Waals surface area contributed by atoms with Crippen LogP contribution in [0.4, 0.5) is 0 Å². The fraction of sp³-hybridized carbons (Fsp3) is 0.933. The molecule has 2 bridgehead atoms. The Morgan fingerprint density at radius 3 is 2.33 bits per heavy atom. The number of nitrogens with one attached hydrogen (secondary N) is 1. The van der Waals surface area contributed by atoms with Crippen molar-refractivity contribution in [3.05, 3.63) is 0 Å². The molecule has 4 atom stereocenters. The molecule has 0 aliphatic heterocycles. The topological polar surface area (TPSA) is 49.3 Å². The van der Waals surface area contributed by atoms with Crippen molar-refractivity contribution in [1.82, 2.24) is 5.32 Å². The lowest BCUT2D eigenvalue weighted by molar-refractivity contribution is -0.133. The second-order valence-electron chi connectivity index (χ2n) is 7.36. The maximum Gasteiger partial charge on any atom is 0.249 e. The second kappa shape index (κ2) is 4.22. The molecule has 0 aromatic rings. The third-order valence-corrected chi connectivity index (χ3v) is 6.01. The first-order valence-corrected chi connectivity index (χ1v) is 7.18. The van der Waals surface area contributed by atoms with Crippen LogP contribution in [0.2, 0.25) is 0 Å². The van der Waals surface area contributed by atoms with Gasteiger partial charge in [0.1, 0.15) is 6.10 Å². The van der Waals surface area contributed by atoms with Gasteiger partial charge in [0.2, 0.25) is 5.91 Å². The van der Waals surface area contributed by atoms with Crippen molar-refractivity contribution in [3.8, 4) is 0 Å². The van der Waals surface area contributed by atoms with E-state index in [-0.39, 0.29) is 23.3 Å². The molecule has 3 nitrogen and oxygen atoms in total. The van der Waals surface area contributed by atoms with Gasteiger partial charge >= 0.3 is 0 Å². The minimum Gasteiger partial charge on any atom is -0.383 e. The van der Waals surface area contributed by atoms with Crippen molar-refractivity contribution in [3.63, 3.8) is 0 Å². The Bertz CT molecular complexity index is 350. The van der Waals surface area contributed by atoms with E-state index in [4.69, 9.17) is 0 Å². The van der Waals surface area contributed by atoms with Crippen molar-refractivity contribution >= 4 is 5.91 Å². The van der Waals surface area contributed by atoms with Crippen molar-refractivity contribution in [2.45, 2.75) is 66.0 Å². The first kappa shape index (κ1) is 13.9. The normalized spacial score (nSPS) is 39.1. The van der Waals surface area contributed by atoms with Gasteiger partial charge < -0.3 is 10.4 Å².